The number of fused-ring (bicyclic) bond motifs is 1. The minimum Gasteiger partial charge on any atom is -0.364 e. The highest BCUT2D eigenvalue weighted by Gasteiger charge is 2.18. The Kier molecular flexibility index (Phi) is 3.71. The molecule has 0 atom stereocenters. The second-order valence-electron chi connectivity index (χ2n) is 5.45. The highest BCUT2D eigenvalue weighted by molar-refractivity contribution is 5.82. The van der Waals surface area contributed by atoms with Crippen LogP contribution in [0.1, 0.15) is 39.2 Å². The lowest BCUT2D eigenvalue weighted by Crippen LogP contribution is -2.31. The number of hydrogen-bond acceptors (Lipinski definition) is 3. The van der Waals surface area contributed by atoms with E-state index in [0.29, 0.717) is 11.4 Å². The van der Waals surface area contributed by atoms with Gasteiger partial charge in [0.15, 0.2) is 0 Å². The molecular weight excluding hydrogens is 234 g/mol. The van der Waals surface area contributed by atoms with Crippen molar-refractivity contribution in [2.75, 3.05) is 5.32 Å². The lowest BCUT2D eigenvalue weighted by atomic mass is 9.98. The Morgan fingerprint density at radius 3 is 2.74 bits per heavy atom. The van der Waals surface area contributed by atoms with Gasteiger partial charge in [-0.25, -0.2) is 4.98 Å². The molecule has 0 radical (unpaired) electrons. The maximum Gasteiger partial charge on any atom is 0.145 e. The van der Waals surface area contributed by atoms with Crippen molar-refractivity contribution < 1.29 is 0 Å². The van der Waals surface area contributed by atoms with E-state index >= 15 is 0 Å². The summed E-state index contributed by atoms with van der Waals surface area (Å²) in [5, 5.41) is 13.7. The van der Waals surface area contributed by atoms with Gasteiger partial charge in [0.05, 0.1) is 11.1 Å². The van der Waals surface area contributed by atoms with E-state index in [2.05, 4.69) is 37.1 Å². The van der Waals surface area contributed by atoms with Crippen LogP contribution in [-0.2, 0) is 0 Å². The van der Waals surface area contributed by atoms with Gasteiger partial charge in [-0.15, -0.1) is 0 Å². The minimum absolute atomic E-state index is 0.0597. The predicted molar refractivity (Wildman–Crippen MR) is 79.1 cm³/mol. The smallest absolute Gasteiger partial charge is 0.145 e. The second kappa shape index (κ2) is 5.27. The fraction of sp³-hybridized carbons (Fsp3) is 0.375. The van der Waals surface area contributed by atoms with Crippen molar-refractivity contribution in [1.82, 2.24) is 4.98 Å². The highest BCUT2D eigenvalue weighted by atomic mass is 15.0. The zero-order valence-corrected chi connectivity index (χ0v) is 11.7. The number of nitrogens with zero attached hydrogens (tertiary/aromatic N) is 2. The first-order valence-electron chi connectivity index (χ1n) is 6.64. The van der Waals surface area contributed by atoms with Crippen molar-refractivity contribution in [1.29, 1.82) is 5.26 Å². The fourth-order valence-corrected chi connectivity index (χ4v) is 2.30. The quantitative estimate of drug-likeness (QED) is 0.892. The average Bonchev–Trinajstić information content (AvgIpc) is 2.37. The lowest BCUT2D eigenvalue weighted by Gasteiger charge is -2.27. The molecular formula is C16H19N3. The molecule has 2 aromatic rings. The van der Waals surface area contributed by atoms with Gasteiger partial charge in [0.25, 0.3) is 0 Å². The van der Waals surface area contributed by atoms with Crippen molar-refractivity contribution in [3.8, 4) is 6.07 Å². The molecule has 98 valence electrons. The van der Waals surface area contributed by atoms with E-state index in [4.69, 9.17) is 0 Å². The van der Waals surface area contributed by atoms with Crippen molar-refractivity contribution in [2.24, 2.45) is 0 Å². The Bertz CT molecular complexity index is 623. The largest absolute Gasteiger partial charge is 0.364 e. The summed E-state index contributed by atoms with van der Waals surface area (Å²) in [6.07, 6.45) is 2.13. The summed E-state index contributed by atoms with van der Waals surface area (Å²) >= 11 is 0. The number of rotatable bonds is 4. The number of nitriles is 1. The third kappa shape index (κ3) is 3.03. The maximum absolute atomic E-state index is 9.27. The van der Waals surface area contributed by atoms with Gasteiger partial charge in [0, 0.05) is 10.9 Å². The van der Waals surface area contributed by atoms with Crippen LogP contribution in [0.25, 0.3) is 10.9 Å². The first-order valence-corrected chi connectivity index (χ1v) is 6.64. The van der Waals surface area contributed by atoms with E-state index in [1.54, 1.807) is 0 Å². The molecule has 0 amide bonds. The van der Waals surface area contributed by atoms with E-state index in [1.807, 2.05) is 30.3 Å². The summed E-state index contributed by atoms with van der Waals surface area (Å²) in [4.78, 5) is 4.58. The second-order valence-corrected chi connectivity index (χ2v) is 5.45. The zero-order valence-electron chi connectivity index (χ0n) is 11.7. The van der Waals surface area contributed by atoms with Crippen molar-refractivity contribution in [3.05, 3.63) is 35.9 Å². The van der Waals surface area contributed by atoms with Crippen LogP contribution in [0.4, 0.5) is 5.82 Å². The van der Waals surface area contributed by atoms with Gasteiger partial charge in [-0.1, -0.05) is 31.5 Å². The molecule has 0 spiro atoms. The summed E-state index contributed by atoms with van der Waals surface area (Å²) in [5.74, 6) is 0.680. The molecule has 0 bridgehead atoms. The Hall–Kier alpha value is -2.08. The normalized spacial score (nSPS) is 11.3. The average molecular weight is 253 g/mol. The molecule has 1 N–H and O–H groups in total. The van der Waals surface area contributed by atoms with Gasteiger partial charge >= 0.3 is 0 Å². The monoisotopic (exact) mass is 253 g/mol. The summed E-state index contributed by atoms with van der Waals surface area (Å²) < 4.78 is 0. The molecule has 2 rings (SSSR count). The SMILES string of the molecule is CCCC(C)(C)Nc1nc2ccccc2cc1C#N. The standard InChI is InChI=1S/C16H19N3/c1-4-9-16(2,3)19-15-13(11-17)10-12-7-5-6-8-14(12)18-15/h5-8,10H,4,9H2,1-3H3,(H,18,19). The van der Waals surface area contributed by atoms with E-state index < -0.39 is 0 Å². The van der Waals surface area contributed by atoms with Gasteiger partial charge in [-0.05, 0) is 32.4 Å². The molecule has 0 aliphatic heterocycles. The summed E-state index contributed by atoms with van der Waals surface area (Å²) in [6, 6.07) is 12.0. The van der Waals surface area contributed by atoms with Crippen molar-refractivity contribution in [2.45, 2.75) is 39.2 Å². The van der Waals surface area contributed by atoms with Gasteiger partial charge in [-0.3, -0.25) is 0 Å². The van der Waals surface area contributed by atoms with Crippen LogP contribution in [-0.4, -0.2) is 10.5 Å². The number of nitrogens with one attached hydrogen (secondary N) is 1. The number of benzene rings is 1. The van der Waals surface area contributed by atoms with E-state index in [1.165, 1.54) is 0 Å². The van der Waals surface area contributed by atoms with Crippen molar-refractivity contribution in [3.63, 3.8) is 0 Å². The number of pyridine rings is 1. The Morgan fingerprint density at radius 1 is 1.32 bits per heavy atom. The number of aromatic nitrogens is 1. The Morgan fingerprint density at radius 2 is 2.05 bits per heavy atom. The third-order valence-electron chi connectivity index (χ3n) is 3.18. The Labute approximate surface area is 114 Å². The number of hydrogen-bond donors (Lipinski definition) is 1. The topological polar surface area (TPSA) is 48.7 Å². The van der Waals surface area contributed by atoms with Gasteiger partial charge in [-0.2, -0.15) is 5.26 Å². The molecule has 0 unspecified atom stereocenters. The van der Waals surface area contributed by atoms with Crippen LogP contribution in [0.5, 0.6) is 0 Å². The Balaban J connectivity index is 2.45. The van der Waals surface area contributed by atoms with Crippen LogP contribution < -0.4 is 5.32 Å². The lowest BCUT2D eigenvalue weighted by molar-refractivity contribution is 0.509. The summed E-state index contributed by atoms with van der Waals surface area (Å²) in [5.41, 5.74) is 1.45. The molecule has 3 nitrogen and oxygen atoms in total. The summed E-state index contributed by atoms with van der Waals surface area (Å²) in [6.45, 7) is 6.42. The molecule has 3 heteroatoms. The van der Waals surface area contributed by atoms with Crippen LogP contribution in [0, 0.1) is 11.3 Å². The van der Waals surface area contributed by atoms with Crippen LogP contribution in [0.15, 0.2) is 30.3 Å². The van der Waals surface area contributed by atoms with Crippen LogP contribution in [0.2, 0.25) is 0 Å². The molecule has 1 aromatic carbocycles. The summed E-state index contributed by atoms with van der Waals surface area (Å²) in [7, 11) is 0. The zero-order chi connectivity index (χ0) is 13.9. The first-order chi connectivity index (χ1) is 9.05. The minimum atomic E-state index is -0.0597. The van der Waals surface area contributed by atoms with Crippen molar-refractivity contribution >= 4 is 16.7 Å². The first kappa shape index (κ1) is 13.4. The molecule has 0 saturated carbocycles. The number of anilines is 1. The van der Waals surface area contributed by atoms with E-state index in [-0.39, 0.29) is 5.54 Å². The van der Waals surface area contributed by atoms with Gasteiger partial charge in [0.2, 0.25) is 0 Å². The molecule has 0 aliphatic carbocycles. The van der Waals surface area contributed by atoms with Crippen LogP contribution in [0.3, 0.4) is 0 Å². The third-order valence-corrected chi connectivity index (χ3v) is 3.18. The molecule has 1 heterocycles. The predicted octanol–water partition coefficient (Wildman–Crippen LogP) is 4.10. The molecule has 0 aliphatic rings. The van der Waals surface area contributed by atoms with Gasteiger partial charge in [0.1, 0.15) is 11.9 Å². The fourth-order valence-electron chi connectivity index (χ4n) is 2.30. The van der Waals surface area contributed by atoms with Gasteiger partial charge < -0.3 is 5.32 Å². The molecule has 0 fully saturated rings. The van der Waals surface area contributed by atoms with E-state index in [9.17, 15) is 5.26 Å². The van der Waals surface area contributed by atoms with E-state index in [0.717, 1.165) is 23.7 Å². The number of para-hydroxylation sites is 1. The highest BCUT2D eigenvalue weighted by Crippen LogP contribution is 2.24. The molecule has 0 saturated heterocycles. The van der Waals surface area contributed by atoms with Crippen LogP contribution >= 0.6 is 0 Å². The molecule has 19 heavy (non-hydrogen) atoms. The molecule has 1 aromatic heterocycles. The maximum atomic E-state index is 9.27.